The van der Waals surface area contributed by atoms with Crippen molar-refractivity contribution in [1.82, 2.24) is 14.7 Å². The Labute approximate surface area is 231 Å². The fourth-order valence-corrected chi connectivity index (χ4v) is 5.21. The molecule has 1 atom stereocenters. The van der Waals surface area contributed by atoms with Crippen molar-refractivity contribution in [1.29, 1.82) is 0 Å². The van der Waals surface area contributed by atoms with Crippen LogP contribution in [-0.2, 0) is 16.0 Å². The first-order valence-corrected chi connectivity index (χ1v) is 13.2. The van der Waals surface area contributed by atoms with Crippen LogP contribution >= 0.6 is 0 Å². The Bertz CT molecular complexity index is 1440. The van der Waals surface area contributed by atoms with E-state index in [1.807, 2.05) is 30.3 Å². The number of hydrogen-bond donors (Lipinski definition) is 0. The van der Waals surface area contributed by atoms with Gasteiger partial charge in [0.2, 0.25) is 5.91 Å². The average Bonchev–Trinajstić information content (AvgIpc) is 3.10. The maximum atomic E-state index is 14.0. The lowest BCUT2D eigenvalue weighted by Gasteiger charge is -2.31. The molecule has 0 N–H and O–H groups in total. The molecule has 1 saturated heterocycles. The van der Waals surface area contributed by atoms with Gasteiger partial charge in [-0.1, -0.05) is 48.5 Å². The maximum absolute atomic E-state index is 14.0. The molecule has 3 aromatic carbocycles. The van der Waals surface area contributed by atoms with Gasteiger partial charge in [-0.15, -0.1) is 0 Å². The van der Waals surface area contributed by atoms with Gasteiger partial charge in [0.05, 0.1) is 11.1 Å². The number of nitrogens with zero attached hydrogens (tertiary/aromatic N) is 3. The van der Waals surface area contributed by atoms with Gasteiger partial charge in [-0.05, 0) is 42.3 Å². The standard InChI is InChI=1S/C31H29N3O6/c1-21(35)40-24-12-7-11-23(20-24)28(36)32-15-8-16-33(18-17-32)31(39)27(19-22-9-3-2-4-10-22)34-29(37)25-13-5-6-14-26(25)30(34)38/h2-7,9-14,20,27H,8,15-19H2,1H3. The van der Waals surface area contributed by atoms with Crippen molar-refractivity contribution in [3.63, 3.8) is 0 Å². The lowest BCUT2D eigenvalue weighted by atomic mass is 10.0. The van der Waals surface area contributed by atoms with Crippen LogP contribution in [0.4, 0.5) is 0 Å². The molecule has 0 aromatic heterocycles. The number of carbonyl (C=O) groups excluding carboxylic acids is 5. The zero-order valence-electron chi connectivity index (χ0n) is 22.1. The third-order valence-corrected chi connectivity index (χ3v) is 7.13. The quantitative estimate of drug-likeness (QED) is 0.271. The van der Waals surface area contributed by atoms with Gasteiger partial charge in [0.25, 0.3) is 17.7 Å². The van der Waals surface area contributed by atoms with Crippen LogP contribution in [-0.4, -0.2) is 76.5 Å². The van der Waals surface area contributed by atoms with Crippen LogP contribution in [0.15, 0.2) is 78.9 Å². The minimum atomic E-state index is -1.02. The number of esters is 1. The van der Waals surface area contributed by atoms with Crippen molar-refractivity contribution in [2.24, 2.45) is 0 Å². The SMILES string of the molecule is CC(=O)Oc1cccc(C(=O)N2CCCN(C(=O)C(Cc3ccccc3)N3C(=O)c4ccccc4C3=O)CC2)c1. The zero-order valence-corrected chi connectivity index (χ0v) is 22.1. The van der Waals surface area contributed by atoms with Crippen molar-refractivity contribution in [3.8, 4) is 5.75 Å². The molecule has 2 aliphatic heterocycles. The van der Waals surface area contributed by atoms with Crippen LogP contribution in [0.2, 0.25) is 0 Å². The highest BCUT2D eigenvalue weighted by molar-refractivity contribution is 6.22. The van der Waals surface area contributed by atoms with Crippen LogP contribution in [0.1, 0.15) is 50.0 Å². The van der Waals surface area contributed by atoms with Crippen molar-refractivity contribution < 1.29 is 28.7 Å². The first-order valence-electron chi connectivity index (χ1n) is 13.2. The second-order valence-corrected chi connectivity index (χ2v) is 9.82. The molecule has 2 heterocycles. The Morgan fingerprint density at radius 1 is 0.775 bits per heavy atom. The Morgan fingerprint density at radius 2 is 1.40 bits per heavy atom. The summed E-state index contributed by atoms with van der Waals surface area (Å²) in [6.07, 6.45) is 0.717. The predicted molar refractivity (Wildman–Crippen MR) is 146 cm³/mol. The van der Waals surface area contributed by atoms with Crippen LogP contribution < -0.4 is 4.74 Å². The molecule has 5 rings (SSSR count). The predicted octanol–water partition coefficient (Wildman–Crippen LogP) is 3.19. The fraction of sp³-hybridized carbons (Fsp3) is 0.258. The summed E-state index contributed by atoms with van der Waals surface area (Å²) in [6.45, 7) is 2.63. The fourth-order valence-electron chi connectivity index (χ4n) is 5.21. The van der Waals surface area contributed by atoms with Gasteiger partial charge < -0.3 is 14.5 Å². The highest BCUT2D eigenvalue weighted by Crippen LogP contribution is 2.27. The molecule has 204 valence electrons. The smallest absolute Gasteiger partial charge is 0.308 e. The zero-order chi connectivity index (χ0) is 28.2. The summed E-state index contributed by atoms with van der Waals surface area (Å²) in [4.78, 5) is 69.6. The van der Waals surface area contributed by atoms with E-state index in [4.69, 9.17) is 4.74 Å². The van der Waals surface area contributed by atoms with Crippen LogP contribution in [0.5, 0.6) is 5.75 Å². The van der Waals surface area contributed by atoms with Crippen LogP contribution in [0.3, 0.4) is 0 Å². The lowest BCUT2D eigenvalue weighted by Crippen LogP contribution is -2.52. The van der Waals surface area contributed by atoms with E-state index in [9.17, 15) is 24.0 Å². The van der Waals surface area contributed by atoms with E-state index in [1.54, 1.807) is 52.3 Å². The number of imide groups is 1. The first kappa shape index (κ1) is 26.8. The molecular weight excluding hydrogens is 510 g/mol. The summed E-state index contributed by atoms with van der Waals surface area (Å²) in [6, 6.07) is 21.3. The molecule has 3 aromatic rings. The van der Waals surface area contributed by atoms with Crippen molar-refractivity contribution in [3.05, 3.63) is 101 Å². The molecule has 0 aliphatic carbocycles. The number of hydrogen-bond acceptors (Lipinski definition) is 6. The summed E-state index contributed by atoms with van der Waals surface area (Å²) in [5.41, 5.74) is 1.80. The lowest BCUT2D eigenvalue weighted by molar-refractivity contribution is -0.135. The van der Waals surface area contributed by atoms with Crippen molar-refractivity contribution in [2.75, 3.05) is 26.2 Å². The van der Waals surface area contributed by atoms with Gasteiger partial charge in [-0.25, -0.2) is 0 Å². The van der Waals surface area contributed by atoms with Gasteiger partial charge in [0.15, 0.2) is 0 Å². The largest absolute Gasteiger partial charge is 0.427 e. The molecule has 0 radical (unpaired) electrons. The van der Waals surface area contributed by atoms with E-state index in [0.717, 1.165) is 10.5 Å². The van der Waals surface area contributed by atoms with Crippen molar-refractivity contribution >= 4 is 29.6 Å². The van der Waals surface area contributed by atoms with E-state index in [2.05, 4.69) is 0 Å². The summed E-state index contributed by atoms with van der Waals surface area (Å²) in [7, 11) is 0. The number of amides is 4. The maximum Gasteiger partial charge on any atom is 0.308 e. The van der Waals surface area contributed by atoms with E-state index in [0.29, 0.717) is 36.2 Å². The molecule has 0 saturated carbocycles. The molecule has 0 spiro atoms. The van der Waals surface area contributed by atoms with Gasteiger partial charge in [0, 0.05) is 45.1 Å². The number of fused-ring (bicyclic) bond motifs is 1. The summed E-state index contributed by atoms with van der Waals surface area (Å²) in [5.74, 6) is -1.70. The highest BCUT2D eigenvalue weighted by atomic mass is 16.5. The van der Waals surface area contributed by atoms with Gasteiger partial charge in [-0.2, -0.15) is 0 Å². The normalized spacial score (nSPS) is 15.9. The Hall–Kier alpha value is -4.79. The Balaban J connectivity index is 1.35. The van der Waals surface area contributed by atoms with Gasteiger partial charge in [0.1, 0.15) is 11.8 Å². The summed E-state index contributed by atoms with van der Waals surface area (Å²) >= 11 is 0. The topological polar surface area (TPSA) is 104 Å². The first-order chi connectivity index (χ1) is 19.3. The van der Waals surface area contributed by atoms with Gasteiger partial charge in [-0.3, -0.25) is 28.9 Å². The van der Waals surface area contributed by atoms with E-state index in [-0.39, 0.29) is 37.1 Å². The van der Waals surface area contributed by atoms with Crippen LogP contribution in [0.25, 0.3) is 0 Å². The third-order valence-electron chi connectivity index (χ3n) is 7.13. The minimum absolute atomic E-state index is 0.188. The second-order valence-electron chi connectivity index (χ2n) is 9.82. The molecule has 9 heteroatoms. The summed E-state index contributed by atoms with van der Waals surface area (Å²) in [5, 5.41) is 0. The molecule has 2 aliphatic rings. The number of rotatable bonds is 6. The average molecular weight is 540 g/mol. The number of carbonyl (C=O) groups is 5. The van der Waals surface area contributed by atoms with E-state index < -0.39 is 23.8 Å². The van der Waals surface area contributed by atoms with Crippen LogP contribution in [0, 0.1) is 0 Å². The molecule has 0 bridgehead atoms. The Kier molecular flexibility index (Phi) is 7.72. The minimum Gasteiger partial charge on any atom is -0.427 e. The molecule has 40 heavy (non-hydrogen) atoms. The van der Waals surface area contributed by atoms with E-state index >= 15 is 0 Å². The molecule has 1 unspecified atom stereocenters. The monoisotopic (exact) mass is 539 g/mol. The molecule has 1 fully saturated rings. The summed E-state index contributed by atoms with van der Waals surface area (Å²) < 4.78 is 5.11. The molecule has 9 nitrogen and oxygen atoms in total. The molecule has 4 amide bonds. The third kappa shape index (κ3) is 5.49. The second kappa shape index (κ2) is 11.5. The number of ether oxygens (including phenoxy) is 1. The highest BCUT2D eigenvalue weighted by Gasteiger charge is 2.44. The van der Waals surface area contributed by atoms with Gasteiger partial charge >= 0.3 is 5.97 Å². The Morgan fingerprint density at radius 3 is 2.08 bits per heavy atom. The van der Waals surface area contributed by atoms with Crippen molar-refractivity contribution in [2.45, 2.75) is 25.8 Å². The van der Waals surface area contributed by atoms with E-state index in [1.165, 1.54) is 13.0 Å². The molecular formula is C31H29N3O6. The number of benzene rings is 3.